The number of nitrogens with one attached hydrogen (secondary N) is 2. The first kappa shape index (κ1) is 14.4. The van der Waals surface area contributed by atoms with Crippen molar-refractivity contribution in [1.82, 2.24) is 5.32 Å². The van der Waals surface area contributed by atoms with Crippen molar-refractivity contribution in [3.63, 3.8) is 0 Å². The van der Waals surface area contributed by atoms with Gasteiger partial charge in [0.1, 0.15) is 0 Å². The number of hydrogen-bond acceptors (Lipinski definition) is 5. The summed E-state index contributed by atoms with van der Waals surface area (Å²) in [6.45, 7) is 5.46. The summed E-state index contributed by atoms with van der Waals surface area (Å²) < 4.78 is 5.43. The number of rotatable bonds is 3. The molecule has 4 N–H and O–H groups in total. The molecule has 0 radical (unpaired) electrons. The lowest BCUT2D eigenvalue weighted by Gasteiger charge is -2.31. The maximum absolute atomic E-state index is 7.70. The van der Waals surface area contributed by atoms with E-state index in [4.69, 9.17) is 15.9 Å². The molecular formula is C16H24N4O. The van der Waals surface area contributed by atoms with E-state index in [1.807, 2.05) is 6.07 Å². The Kier molecular flexibility index (Phi) is 4.41. The average Bonchev–Trinajstić information content (AvgIpc) is 2.55. The number of hydrogen-bond donors (Lipinski definition) is 3. The number of nitrogens with two attached hydrogens (primary N) is 1. The van der Waals surface area contributed by atoms with Crippen LogP contribution in [0.1, 0.15) is 29.9 Å². The van der Waals surface area contributed by atoms with Crippen molar-refractivity contribution < 1.29 is 4.74 Å². The molecule has 0 spiro atoms. The Labute approximate surface area is 126 Å². The Morgan fingerprint density at radius 3 is 2.62 bits per heavy atom. The van der Waals surface area contributed by atoms with Crippen molar-refractivity contribution in [2.75, 3.05) is 50.0 Å². The highest BCUT2D eigenvalue weighted by Gasteiger charge is 2.21. The highest BCUT2D eigenvalue weighted by molar-refractivity contribution is 5.89. The number of anilines is 2. The van der Waals surface area contributed by atoms with Crippen LogP contribution < -0.4 is 16.0 Å². The van der Waals surface area contributed by atoms with E-state index in [0.717, 1.165) is 63.5 Å². The third kappa shape index (κ3) is 3.04. The Balaban J connectivity index is 1.95. The lowest BCUT2D eigenvalue weighted by atomic mass is 9.86. The highest BCUT2D eigenvalue weighted by atomic mass is 16.5. The minimum atomic E-state index is 0.506. The molecule has 0 aliphatic carbocycles. The van der Waals surface area contributed by atoms with E-state index < -0.39 is 0 Å². The number of nitrogens with zero attached hydrogens (tertiary/aromatic N) is 1. The third-order valence-electron chi connectivity index (χ3n) is 4.53. The third-order valence-corrected chi connectivity index (χ3v) is 4.53. The van der Waals surface area contributed by atoms with Gasteiger partial charge in [0.25, 0.3) is 0 Å². The van der Waals surface area contributed by atoms with Gasteiger partial charge >= 0.3 is 0 Å². The molecule has 21 heavy (non-hydrogen) atoms. The highest BCUT2D eigenvalue weighted by Crippen LogP contribution is 2.34. The SMILES string of the molecule is N=Cc1c(N)cc(N2CCOCC2)cc1C1CCNCC1. The van der Waals surface area contributed by atoms with E-state index in [1.54, 1.807) is 0 Å². The molecule has 0 unspecified atom stereocenters. The number of piperidine rings is 1. The Morgan fingerprint density at radius 1 is 1.24 bits per heavy atom. The monoisotopic (exact) mass is 288 g/mol. The van der Waals surface area contributed by atoms with E-state index in [0.29, 0.717) is 5.92 Å². The van der Waals surface area contributed by atoms with Gasteiger partial charge in [-0.1, -0.05) is 0 Å². The number of nitrogen functional groups attached to an aromatic ring is 1. The minimum Gasteiger partial charge on any atom is -0.398 e. The van der Waals surface area contributed by atoms with Crippen LogP contribution in [0.5, 0.6) is 0 Å². The van der Waals surface area contributed by atoms with E-state index in [-0.39, 0.29) is 0 Å². The van der Waals surface area contributed by atoms with E-state index in [9.17, 15) is 0 Å². The fourth-order valence-corrected chi connectivity index (χ4v) is 3.32. The van der Waals surface area contributed by atoms with Crippen molar-refractivity contribution in [3.8, 4) is 0 Å². The molecule has 0 saturated carbocycles. The summed E-state index contributed by atoms with van der Waals surface area (Å²) in [6, 6.07) is 4.26. The molecular weight excluding hydrogens is 264 g/mol. The van der Waals surface area contributed by atoms with Crippen LogP contribution in [0, 0.1) is 5.41 Å². The maximum atomic E-state index is 7.70. The van der Waals surface area contributed by atoms with Crippen LogP contribution in [0.15, 0.2) is 12.1 Å². The molecule has 2 aliphatic heterocycles. The zero-order valence-electron chi connectivity index (χ0n) is 12.4. The number of ether oxygens (including phenoxy) is 1. The normalized spacial score (nSPS) is 20.5. The maximum Gasteiger partial charge on any atom is 0.0642 e. The van der Waals surface area contributed by atoms with Gasteiger partial charge in [-0.3, -0.25) is 0 Å². The van der Waals surface area contributed by atoms with E-state index in [2.05, 4.69) is 16.3 Å². The van der Waals surface area contributed by atoms with E-state index in [1.165, 1.54) is 17.5 Å². The van der Waals surface area contributed by atoms with E-state index >= 15 is 0 Å². The lowest BCUT2D eigenvalue weighted by molar-refractivity contribution is 0.122. The van der Waals surface area contributed by atoms with Crippen molar-refractivity contribution in [3.05, 3.63) is 23.3 Å². The molecule has 2 fully saturated rings. The van der Waals surface area contributed by atoms with Crippen LogP contribution in [0.25, 0.3) is 0 Å². The summed E-state index contributed by atoms with van der Waals surface area (Å²) in [5, 5.41) is 11.1. The predicted octanol–water partition coefficient (Wildman–Crippen LogP) is 1.57. The summed E-state index contributed by atoms with van der Waals surface area (Å²) in [6.07, 6.45) is 3.65. The molecule has 2 aliphatic rings. The molecule has 0 bridgehead atoms. The van der Waals surface area contributed by atoms with Gasteiger partial charge in [0, 0.05) is 36.2 Å². The van der Waals surface area contributed by atoms with Gasteiger partial charge in [0.05, 0.1) is 13.2 Å². The summed E-state index contributed by atoms with van der Waals surface area (Å²) in [7, 11) is 0. The molecule has 0 amide bonds. The Hall–Kier alpha value is -1.59. The van der Waals surface area contributed by atoms with Gasteiger partial charge in [0.2, 0.25) is 0 Å². The molecule has 0 aromatic heterocycles. The average molecular weight is 288 g/mol. The van der Waals surface area contributed by atoms with Crippen molar-refractivity contribution >= 4 is 17.6 Å². The van der Waals surface area contributed by atoms with Crippen LogP contribution in [0.3, 0.4) is 0 Å². The first-order chi connectivity index (χ1) is 10.3. The zero-order valence-corrected chi connectivity index (χ0v) is 12.4. The molecule has 114 valence electrons. The fraction of sp³-hybridized carbons (Fsp3) is 0.562. The molecule has 2 saturated heterocycles. The fourth-order valence-electron chi connectivity index (χ4n) is 3.32. The smallest absolute Gasteiger partial charge is 0.0642 e. The molecule has 1 aromatic rings. The largest absolute Gasteiger partial charge is 0.398 e. The van der Waals surface area contributed by atoms with Gasteiger partial charge in [-0.25, -0.2) is 0 Å². The predicted molar refractivity (Wildman–Crippen MR) is 86.6 cm³/mol. The summed E-state index contributed by atoms with van der Waals surface area (Å²) in [5.41, 5.74) is 10.3. The van der Waals surface area contributed by atoms with Crippen molar-refractivity contribution in [1.29, 1.82) is 5.41 Å². The number of morpholine rings is 1. The summed E-state index contributed by atoms with van der Waals surface area (Å²) >= 11 is 0. The molecule has 5 heteroatoms. The molecule has 5 nitrogen and oxygen atoms in total. The van der Waals surface area contributed by atoms with Gasteiger partial charge in [-0.15, -0.1) is 0 Å². The standard InChI is InChI=1S/C16H24N4O/c17-11-15-14(12-1-3-19-4-2-12)9-13(10-16(15)18)20-5-7-21-8-6-20/h9-12,17,19H,1-8,18H2. The van der Waals surface area contributed by atoms with Crippen molar-refractivity contribution in [2.24, 2.45) is 0 Å². The van der Waals surface area contributed by atoms with Crippen LogP contribution >= 0.6 is 0 Å². The van der Waals surface area contributed by atoms with Crippen LogP contribution in [-0.2, 0) is 4.74 Å². The van der Waals surface area contributed by atoms with Crippen LogP contribution in [0.2, 0.25) is 0 Å². The zero-order chi connectivity index (χ0) is 14.7. The minimum absolute atomic E-state index is 0.506. The topological polar surface area (TPSA) is 74.4 Å². The molecule has 2 heterocycles. The first-order valence-electron chi connectivity index (χ1n) is 7.77. The second kappa shape index (κ2) is 6.45. The first-order valence-corrected chi connectivity index (χ1v) is 7.77. The second-order valence-electron chi connectivity index (χ2n) is 5.81. The van der Waals surface area contributed by atoms with Gasteiger partial charge < -0.3 is 26.1 Å². The van der Waals surface area contributed by atoms with Crippen LogP contribution in [0.4, 0.5) is 11.4 Å². The van der Waals surface area contributed by atoms with Crippen LogP contribution in [-0.4, -0.2) is 45.6 Å². The Morgan fingerprint density at radius 2 is 1.95 bits per heavy atom. The summed E-state index contributed by atoms with van der Waals surface area (Å²) in [4.78, 5) is 2.33. The van der Waals surface area contributed by atoms with Gasteiger partial charge in [-0.05, 0) is 49.5 Å². The van der Waals surface area contributed by atoms with Gasteiger partial charge in [0.15, 0.2) is 0 Å². The molecule has 3 rings (SSSR count). The second-order valence-corrected chi connectivity index (χ2v) is 5.81. The number of benzene rings is 1. The van der Waals surface area contributed by atoms with Gasteiger partial charge in [-0.2, -0.15) is 0 Å². The lowest BCUT2D eigenvalue weighted by Crippen LogP contribution is -2.36. The molecule has 1 aromatic carbocycles. The van der Waals surface area contributed by atoms with Crippen molar-refractivity contribution in [2.45, 2.75) is 18.8 Å². The Bertz CT molecular complexity index is 505. The quantitative estimate of drug-likeness (QED) is 0.583. The molecule has 0 atom stereocenters. The summed E-state index contributed by atoms with van der Waals surface area (Å²) in [5.74, 6) is 0.506.